The molecule has 0 radical (unpaired) electrons. The van der Waals surface area contributed by atoms with Crippen LogP contribution >= 0.6 is 11.8 Å². The quantitative estimate of drug-likeness (QED) is 0.592. The number of nitriles is 1. The van der Waals surface area contributed by atoms with Crippen molar-refractivity contribution in [1.29, 1.82) is 5.26 Å². The van der Waals surface area contributed by atoms with E-state index in [9.17, 15) is 4.79 Å². The van der Waals surface area contributed by atoms with Crippen LogP contribution in [0.3, 0.4) is 0 Å². The lowest BCUT2D eigenvalue weighted by Crippen LogP contribution is -2.02. The third kappa shape index (κ3) is 5.23. The van der Waals surface area contributed by atoms with E-state index in [1.54, 1.807) is 5.41 Å². The molecule has 0 aliphatic heterocycles. The summed E-state index contributed by atoms with van der Waals surface area (Å²) in [6.45, 7) is 0. The zero-order chi connectivity index (χ0) is 12.5. The molecule has 0 N–H and O–H groups in total. The van der Waals surface area contributed by atoms with Crippen molar-refractivity contribution >= 4 is 17.7 Å². The van der Waals surface area contributed by atoms with Crippen LogP contribution < -0.4 is 0 Å². The van der Waals surface area contributed by atoms with Crippen molar-refractivity contribution in [3.63, 3.8) is 0 Å². The minimum atomic E-state index is -0.289. The summed E-state index contributed by atoms with van der Waals surface area (Å²) < 4.78 is 4.51. The van der Waals surface area contributed by atoms with Gasteiger partial charge in [-0.3, -0.25) is 4.79 Å². The maximum Gasteiger partial charge on any atom is 0.315 e. The van der Waals surface area contributed by atoms with Gasteiger partial charge in [0.25, 0.3) is 0 Å². The zero-order valence-corrected chi connectivity index (χ0v) is 10.4. The lowest BCUT2D eigenvalue weighted by Gasteiger charge is -1.99. The summed E-state index contributed by atoms with van der Waals surface area (Å²) >= 11 is 1.28. The van der Waals surface area contributed by atoms with Crippen molar-refractivity contribution in [1.82, 2.24) is 0 Å². The number of hydrogen-bond donors (Lipinski definition) is 0. The number of thioether (sulfide) groups is 1. The highest BCUT2D eigenvalue weighted by molar-refractivity contribution is 8.02. The van der Waals surface area contributed by atoms with Crippen LogP contribution in [0.5, 0.6) is 0 Å². The second kappa shape index (κ2) is 7.53. The van der Waals surface area contributed by atoms with E-state index in [1.807, 2.05) is 30.3 Å². The fourth-order valence-electron chi connectivity index (χ4n) is 1.19. The van der Waals surface area contributed by atoms with E-state index in [1.165, 1.54) is 18.9 Å². The summed E-state index contributed by atoms with van der Waals surface area (Å²) in [5.41, 5.74) is 1.73. The minimum absolute atomic E-state index is 0.233. The van der Waals surface area contributed by atoms with Crippen molar-refractivity contribution in [2.45, 2.75) is 6.42 Å². The largest absolute Gasteiger partial charge is 0.468 e. The number of carbonyl (C=O) groups excluding carboxylic acids is 1. The van der Waals surface area contributed by atoms with Gasteiger partial charge in [0, 0.05) is 12.0 Å². The van der Waals surface area contributed by atoms with Crippen LogP contribution in [0.4, 0.5) is 0 Å². The van der Waals surface area contributed by atoms with E-state index in [-0.39, 0.29) is 11.7 Å². The van der Waals surface area contributed by atoms with Crippen molar-refractivity contribution in [3.8, 4) is 6.07 Å². The van der Waals surface area contributed by atoms with Gasteiger partial charge in [0.2, 0.25) is 0 Å². The van der Waals surface area contributed by atoms with Crippen molar-refractivity contribution in [2.24, 2.45) is 0 Å². The van der Waals surface area contributed by atoms with Gasteiger partial charge in [0.1, 0.15) is 0 Å². The van der Waals surface area contributed by atoms with E-state index in [4.69, 9.17) is 5.26 Å². The average molecular weight is 247 g/mol. The molecule has 0 amide bonds. The number of hydrogen-bond acceptors (Lipinski definition) is 4. The number of nitrogens with zero attached hydrogens (tertiary/aromatic N) is 1. The first kappa shape index (κ1) is 13.3. The highest BCUT2D eigenvalue weighted by Gasteiger charge is 2.01. The van der Waals surface area contributed by atoms with E-state index in [0.717, 1.165) is 5.56 Å². The first-order chi connectivity index (χ1) is 8.26. The van der Waals surface area contributed by atoms with Gasteiger partial charge in [-0.15, -0.1) is 11.8 Å². The molecule has 0 aliphatic rings. The fraction of sp³-hybridized carbons (Fsp3) is 0.231. The molecule has 4 heteroatoms. The number of allylic oxidation sites excluding steroid dienone is 1. The van der Waals surface area contributed by atoms with Crippen LogP contribution in [0.2, 0.25) is 0 Å². The van der Waals surface area contributed by atoms with Gasteiger partial charge in [-0.25, -0.2) is 0 Å². The van der Waals surface area contributed by atoms with Gasteiger partial charge in [-0.05, 0) is 11.0 Å². The molecular formula is C13H13NO2S. The number of carbonyl (C=O) groups is 1. The third-order valence-corrected chi connectivity index (χ3v) is 2.89. The van der Waals surface area contributed by atoms with Crippen LogP contribution in [0.15, 0.2) is 41.3 Å². The summed E-state index contributed by atoms with van der Waals surface area (Å²) in [5.74, 6) is -0.0560. The predicted molar refractivity (Wildman–Crippen MR) is 68.3 cm³/mol. The lowest BCUT2D eigenvalue weighted by molar-refractivity contribution is -0.137. The van der Waals surface area contributed by atoms with Gasteiger partial charge in [-0.1, -0.05) is 30.3 Å². The average Bonchev–Trinajstić information content (AvgIpc) is 2.38. The van der Waals surface area contributed by atoms with Crippen LogP contribution in [-0.4, -0.2) is 18.8 Å². The maximum absolute atomic E-state index is 10.9. The molecule has 0 saturated heterocycles. The smallest absolute Gasteiger partial charge is 0.315 e. The molecule has 3 nitrogen and oxygen atoms in total. The molecule has 0 bridgehead atoms. The number of benzene rings is 1. The monoisotopic (exact) mass is 247 g/mol. The first-order valence-electron chi connectivity index (χ1n) is 5.07. The van der Waals surface area contributed by atoms with Crippen LogP contribution in [0.25, 0.3) is 0 Å². The van der Waals surface area contributed by atoms with Gasteiger partial charge in [0.05, 0.1) is 18.9 Å². The molecule has 0 aliphatic carbocycles. The molecular weight excluding hydrogens is 234 g/mol. The van der Waals surface area contributed by atoms with Gasteiger partial charge < -0.3 is 4.74 Å². The molecule has 0 saturated carbocycles. The van der Waals surface area contributed by atoms with Crippen LogP contribution in [0, 0.1) is 11.3 Å². The maximum atomic E-state index is 10.9. The standard InChI is InChI=1S/C13H13NO2S/c1-16-13(15)10-17-9-12(8-14)7-11-5-3-2-4-6-11/h2-6,9H,7,10H2,1H3/b12-9-. The Balaban J connectivity index is 2.52. The molecule has 0 spiro atoms. The van der Waals surface area contributed by atoms with E-state index >= 15 is 0 Å². The Morgan fingerprint density at radius 3 is 2.76 bits per heavy atom. The van der Waals surface area contributed by atoms with E-state index in [2.05, 4.69) is 10.8 Å². The minimum Gasteiger partial charge on any atom is -0.468 e. The molecule has 0 heterocycles. The highest BCUT2D eigenvalue weighted by atomic mass is 32.2. The molecule has 0 atom stereocenters. The summed E-state index contributed by atoms with van der Waals surface area (Å²) in [6.07, 6.45) is 0.589. The predicted octanol–water partition coefficient (Wildman–Crippen LogP) is 2.54. The summed E-state index contributed by atoms with van der Waals surface area (Å²) in [4.78, 5) is 10.9. The second-order valence-electron chi connectivity index (χ2n) is 3.30. The van der Waals surface area contributed by atoms with E-state index < -0.39 is 0 Å². The Labute approximate surface area is 105 Å². The molecule has 1 aromatic carbocycles. The number of rotatable bonds is 5. The molecule has 0 fully saturated rings. The molecule has 88 valence electrons. The topological polar surface area (TPSA) is 50.1 Å². The normalized spacial score (nSPS) is 10.7. The van der Waals surface area contributed by atoms with Crippen molar-refractivity contribution in [2.75, 3.05) is 12.9 Å². The van der Waals surface area contributed by atoms with Crippen LogP contribution in [0.1, 0.15) is 5.56 Å². The molecule has 0 unspecified atom stereocenters. The Bertz CT molecular complexity index is 434. The van der Waals surface area contributed by atoms with Crippen molar-refractivity contribution in [3.05, 3.63) is 46.9 Å². The number of esters is 1. The Hall–Kier alpha value is -1.73. The Morgan fingerprint density at radius 2 is 2.18 bits per heavy atom. The lowest BCUT2D eigenvalue weighted by atomic mass is 10.1. The second-order valence-corrected chi connectivity index (χ2v) is 4.16. The van der Waals surface area contributed by atoms with Gasteiger partial charge >= 0.3 is 5.97 Å². The fourth-order valence-corrected chi connectivity index (χ4v) is 1.87. The summed E-state index contributed by atoms with van der Waals surface area (Å²) in [7, 11) is 1.35. The SMILES string of the molecule is COC(=O)CS/C=C(\C#N)Cc1ccccc1. The third-order valence-electron chi connectivity index (χ3n) is 2.04. The highest BCUT2D eigenvalue weighted by Crippen LogP contribution is 2.12. The molecule has 1 aromatic rings. The van der Waals surface area contributed by atoms with Crippen molar-refractivity contribution < 1.29 is 9.53 Å². The van der Waals surface area contributed by atoms with E-state index in [0.29, 0.717) is 12.0 Å². The van der Waals surface area contributed by atoms with Gasteiger partial charge in [-0.2, -0.15) is 5.26 Å². The summed E-state index contributed by atoms with van der Waals surface area (Å²) in [6, 6.07) is 11.9. The number of methoxy groups -OCH3 is 1. The van der Waals surface area contributed by atoms with Gasteiger partial charge in [0.15, 0.2) is 0 Å². The Kier molecular flexibility index (Phi) is 5.91. The van der Waals surface area contributed by atoms with Crippen LogP contribution in [-0.2, 0) is 16.0 Å². The molecule has 17 heavy (non-hydrogen) atoms. The Morgan fingerprint density at radius 1 is 1.47 bits per heavy atom. The summed E-state index contributed by atoms with van der Waals surface area (Å²) in [5, 5.41) is 10.7. The first-order valence-corrected chi connectivity index (χ1v) is 6.12. The zero-order valence-electron chi connectivity index (χ0n) is 9.55. The molecule has 1 rings (SSSR count). The molecule has 0 aromatic heterocycles. The number of ether oxygens (including phenoxy) is 1.